The second kappa shape index (κ2) is 9.06. The van der Waals surface area contributed by atoms with Crippen molar-refractivity contribution < 1.29 is 23.5 Å². The van der Waals surface area contributed by atoms with Crippen LogP contribution < -0.4 is 15.5 Å². The minimum atomic E-state index is -0.298. The second-order valence-electron chi connectivity index (χ2n) is 8.34. The van der Waals surface area contributed by atoms with Crippen LogP contribution in [-0.4, -0.2) is 29.7 Å². The van der Waals surface area contributed by atoms with Gasteiger partial charge in [-0.25, -0.2) is 0 Å². The topological polar surface area (TPSA) is 118 Å². The summed E-state index contributed by atoms with van der Waals surface area (Å²) < 4.78 is 17.0. The zero-order valence-electron chi connectivity index (χ0n) is 19.3. The lowest BCUT2D eigenvalue weighted by molar-refractivity contribution is -0.120. The van der Waals surface area contributed by atoms with Gasteiger partial charge in [0.2, 0.25) is 16.9 Å². The Bertz CT molecular complexity index is 1590. The number of furan rings is 1. The molecule has 0 spiro atoms. The number of benzene rings is 2. The SMILES string of the molecule is COc1ccc(-c2oc3c(=O)cc(C)oc3c2CC(=O)NCCc2c[nH]c3ccc(O)cc23)cc1. The van der Waals surface area contributed by atoms with Crippen molar-refractivity contribution in [1.82, 2.24) is 10.3 Å². The summed E-state index contributed by atoms with van der Waals surface area (Å²) in [7, 11) is 1.58. The molecule has 0 fully saturated rings. The molecule has 3 aromatic heterocycles. The van der Waals surface area contributed by atoms with E-state index >= 15 is 0 Å². The predicted molar refractivity (Wildman–Crippen MR) is 132 cm³/mol. The number of carbonyl (C=O) groups is 1. The summed E-state index contributed by atoms with van der Waals surface area (Å²) in [5.74, 6) is 1.50. The van der Waals surface area contributed by atoms with E-state index in [1.807, 2.05) is 24.4 Å². The largest absolute Gasteiger partial charge is 0.508 e. The van der Waals surface area contributed by atoms with Crippen LogP contribution in [0.15, 0.2) is 68.4 Å². The Kier molecular flexibility index (Phi) is 5.78. The molecule has 178 valence electrons. The van der Waals surface area contributed by atoms with E-state index in [2.05, 4.69) is 10.3 Å². The Labute approximate surface area is 200 Å². The van der Waals surface area contributed by atoms with Gasteiger partial charge in [0.25, 0.3) is 0 Å². The highest BCUT2D eigenvalue weighted by Gasteiger charge is 2.23. The first-order valence-corrected chi connectivity index (χ1v) is 11.2. The fourth-order valence-electron chi connectivity index (χ4n) is 4.23. The second-order valence-corrected chi connectivity index (χ2v) is 8.34. The van der Waals surface area contributed by atoms with Crippen LogP contribution in [0.4, 0.5) is 0 Å². The number of H-pyrrole nitrogens is 1. The van der Waals surface area contributed by atoms with Crippen LogP contribution in [0.1, 0.15) is 16.9 Å². The number of aryl methyl sites for hydroxylation is 1. The average Bonchev–Trinajstić information content (AvgIpc) is 3.40. The van der Waals surface area contributed by atoms with Crippen molar-refractivity contribution in [3.8, 4) is 22.8 Å². The van der Waals surface area contributed by atoms with E-state index < -0.39 is 0 Å². The van der Waals surface area contributed by atoms with Gasteiger partial charge in [0.05, 0.1) is 19.1 Å². The number of hydrogen-bond acceptors (Lipinski definition) is 6. The number of ether oxygens (including phenoxy) is 1. The Morgan fingerprint density at radius 1 is 1.09 bits per heavy atom. The number of nitrogens with one attached hydrogen (secondary N) is 2. The van der Waals surface area contributed by atoms with Gasteiger partial charge in [-0.1, -0.05) is 0 Å². The summed E-state index contributed by atoms with van der Waals surface area (Å²) in [6, 6.07) is 13.7. The maximum absolute atomic E-state index is 12.9. The number of aromatic hydroxyl groups is 1. The summed E-state index contributed by atoms with van der Waals surface area (Å²) in [5, 5.41) is 13.6. The van der Waals surface area contributed by atoms with Crippen LogP contribution in [0.3, 0.4) is 0 Å². The fourth-order valence-corrected chi connectivity index (χ4v) is 4.23. The van der Waals surface area contributed by atoms with Gasteiger partial charge < -0.3 is 29.0 Å². The number of phenolic OH excluding ortho intramolecular Hbond substituents is 1. The number of aromatic nitrogens is 1. The molecular weight excluding hydrogens is 448 g/mol. The van der Waals surface area contributed by atoms with Crippen molar-refractivity contribution >= 4 is 28.0 Å². The highest BCUT2D eigenvalue weighted by molar-refractivity contribution is 5.90. The number of carbonyl (C=O) groups excluding carboxylic acids is 1. The van der Waals surface area contributed by atoms with Gasteiger partial charge >= 0.3 is 0 Å². The molecule has 0 radical (unpaired) electrons. The third kappa shape index (κ3) is 4.38. The molecule has 0 atom stereocenters. The molecule has 0 unspecified atom stereocenters. The molecule has 0 aliphatic heterocycles. The summed E-state index contributed by atoms with van der Waals surface area (Å²) in [6.45, 7) is 2.09. The van der Waals surface area contributed by atoms with Gasteiger partial charge in [-0.05, 0) is 61.4 Å². The molecule has 0 bridgehead atoms. The van der Waals surface area contributed by atoms with Crippen molar-refractivity contribution in [2.45, 2.75) is 19.8 Å². The molecule has 2 aromatic carbocycles. The van der Waals surface area contributed by atoms with Crippen LogP contribution in [0.5, 0.6) is 11.5 Å². The molecule has 3 heterocycles. The van der Waals surface area contributed by atoms with Crippen molar-refractivity contribution in [2.24, 2.45) is 0 Å². The minimum absolute atomic E-state index is 0.0184. The van der Waals surface area contributed by atoms with E-state index in [0.717, 1.165) is 16.5 Å². The molecule has 0 aliphatic rings. The highest BCUT2D eigenvalue weighted by Crippen LogP contribution is 2.34. The maximum Gasteiger partial charge on any atom is 0.228 e. The molecule has 8 nitrogen and oxygen atoms in total. The van der Waals surface area contributed by atoms with E-state index in [-0.39, 0.29) is 34.7 Å². The third-order valence-corrected chi connectivity index (χ3v) is 5.94. The van der Waals surface area contributed by atoms with Crippen LogP contribution in [0.2, 0.25) is 0 Å². The number of amides is 1. The number of methoxy groups -OCH3 is 1. The Morgan fingerprint density at radius 3 is 2.66 bits per heavy atom. The zero-order valence-corrected chi connectivity index (χ0v) is 19.3. The van der Waals surface area contributed by atoms with Crippen molar-refractivity contribution in [3.05, 3.63) is 81.8 Å². The molecule has 5 aromatic rings. The summed E-state index contributed by atoms with van der Waals surface area (Å²) in [5.41, 5.74) is 3.20. The highest BCUT2D eigenvalue weighted by atomic mass is 16.5. The molecule has 35 heavy (non-hydrogen) atoms. The van der Waals surface area contributed by atoms with E-state index in [1.165, 1.54) is 6.07 Å². The Hall–Kier alpha value is -4.46. The maximum atomic E-state index is 12.9. The normalized spacial score (nSPS) is 11.3. The molecule has 0 saturated carbocycles. The van der Waals surface area contributed by atoms with Gasteiger partial charge in [0.1, 0.15) is 23.0 Å². The number of fused-ring (bicyclic) bond motifs is 2. The summed E-state index contributed by atoms with van der Waals surface area (Å²) in [4.78, 5) is 28.6. The fraction of sp³-hybridized carbons (Fsp3) is 0.185. The zero-order chi connectivity index (χ0) is 24.5. The average molecular weight is 472 g/mol. The van der Waals surface area contributed by atoms with E-state index in [1.54, 1.807) is 38.3 Å². The van der Waals surface area contributed by atoms with E-state index in [0.29, 0.717) is 41.4 Å². The van der Waals surface area contributed by atoms with Gasteiger partial charge in [-0.2, -0.15) is 0 Å². The smallest absolute Gasteiger partial charge is 0.228 e. The van der Waals surface area contributed by atoms with Crippen LogP contribution in [-0.2, 0) is 17.6 Å². The first kappa shape index (κ1) is 22.3. The lowest BCUT2D eigenvalue weighted by Gasteiger charge is -2.07. The van der Waals surface area contributed by atoms with Gasteiger partial charge in [0.15, 0.2) is 5.58 Å². The van der Waals surface area contributed by atoms with Gasteiger partial charge in [0, 0.05) is 35.3 Å². The number of hydrogen-bond donors (Lipinski definition) is 3. The van der Waals surface area contributed by atoms with Crippen molar-refractivity contribution in [3.63, 3.8) is 0 Å². The van der Waals surface area contributed by atoms with Crippen molar-refractivity contribution in [1.29, 1.82) is 0 Å². The van der Waals surface area contributed by atoms with Crippen molar-refractivity contribution in [2.75, 3.05) is 13.7 Å². The third-order valence-electron chi connectivity index (χ3n) is 5.94. The minimum Gasteiger partial charge on any atom is -0.508 e. The lowest BCUT2D eigenvalue weighted by atomic mass is 10.0. The van der Waals surface area contributed by atoms with Gasteiger partial charge in [-0.15, -0.1) is 0 Å². The Morgan fingerprint density at radius 2 is 1.89 bits per heavy atom. The van der Waals surface area contributed by atoms with Crippen LogP contribution in [0, 0.1) is 6.92 Å². The first-order chi connectivity index (χ1) is 16.9. The molecule has 5 rings (SSSR count). The molecule has 3 N–H and O–H groups in total. The molecular formula is C27H24N2O6. The van der Waals surface area contributed by atoms with Crippen LogP contribution >= 0.6 is 0 Å². The molecule has 0 aliphatic carbocycles. The van der Waals surface area contributed by atoms with Crippen LogP contribution in [0.25, 0.3) is 33.4 Å². The lowest BCUT2D eigenvalue weighted by Crippen LogP contribution is -2.27. The Balaban J connectivity index is 1.39. The molecule has 0 saturated heterocycles. The molecule has 8 heteroatoms. The number of aromatic amines is 1. The predicted octanol–water partition coefficient (Wildman–Crippen LogP) is 4.46. The summed E-state index contributed by atoms with van der Waals surface area (Å²) in [6.07, 6.45) is 2.44. The monoisotopic (exact) mass is 472 g/mol. The van der Waals surface area contributed by atoms with E-state index in [4.69, 9.17) is 13.6 Å². The van der Waals surface area contributed by atoms with E-state index in [9.17, 15) is 14.7 Å². The number of rotatable bonds is 7. The quantitative estimate of drug-likeness (QED) is 0.322. The first-order valence-electron chi connectivity index (χ1n) is 11.2. The standard InChI is InChI=1S/C27H24N2O6/c1-15-11-23(31)27-26(34-15)21(25(35-27)16-3-6-19(33-2)7-4-16)13-24(32)28-10-9-17-14-29-22-8-5-18(30)12-20(17)22/h3-8,11-12,14,29-30H,9-10,13H2,1-2H3,(H,28,32). The summed E-state index contributed by atoms with van der Waals surface area (Å²) >= 11 is 0. The number of phenols is 1. The van der Waals surface area contributed by atoms with Gasteiger partial charge in [-0.3, -0.25) is 9.59 Å². The molecule has 1 amide bonds.